The molecule has 0 fully saturated rings. The van der Waals surface area contributed by atoms with Crippen molar-refractivity contribution in [1.29, 1.82) is 0 Å². The topological polar surface area (TPSA) is 95.5 Å². The zero-order valence-electron chi connectivity index (χ0n) is 10.2. The summed E-state index contributed by atoms with van der Waals surface area (Å²) in [5.74, 6) is -1.43. The van der Waals surface area contributed by atoms with E-state index >= 15 is 0 Å². The van der Waals surface area contributed by atoms with E-state index in [-0.39, 0.29) is 16.5 Å². The van der Waals surface area contributed by atoms with E-state index < -0.39 is 27.0 Å². The summed E-state index contributed by atoms with van der Waals surface area (Å²) in [4.78, 5) is 20.2. The number of nitro benzene ring substituents is 2. The molecule has 2 aromatic carbocycles. The number of ether oxygens (including phenoxy) is 1. The Kier molecular flexibility index (Phi) is 3.99. The lowest BCUT2D eigenvalue weighted by Crippen LogP contribution is -1.97. The van der Waals surface area contributed by atoms with E-state index in [1.165, 1.54) is 18.2 Å². The van der Waals surface area contributed by atoms with Crippen LogP contribution in [0.25, 0.3) is 0 Å². The molecule has 0 aliphatic rings. The first kappa shape index (κ1) is 14.7. The number of nitro groups is 2. The molecule has 0 heterocycles. The minimum Gasteiger partial charge on any atom is -0.443 e. The van der Waals surface area contributed by atoms with Crippen molar-refractivity contribution in [2.45, 2.75) is 0 Å². The minimum atomic E-state index is -0.852. The number of benzene rings is 2. The number of halogens is 2. The minimum absolute atomic E-state index is 0.178. The van der Waals surface area contributed by atoms with E-state index in [2.05, 4.69) is 0 Å². The Bertz CT molecular complexity index is 738. The van der Waals surface area contributed by atoms with E-state index in [0.29, 0.717) is 6.07 Å². The molecule has 0 aliphatic carbocycles. The van der Waals surface area contributed by atoms with E-state index in [4.69, 9.17) is 16.3 Å². The molecular weight excluding hydrogens is 307 g/mol. The van der Waals surface area contributed by atoms with Gasteiger partial charge in [0.05, 0.1) is 15.9 Å². The number of hydrogen-bond acceptors (Lipinski definition) is 5. The maximum Gasteiger partial charge on any atom is 0.329 e. The highest BCUT2D eigenvalue weighted by atomic mass is 35.5. The highest BCUT2D eigenvalue weighted by Gasteiger charge is 2.24. The second-order valence-corrected chi connectivity index (χ2v) is 4.22. The molecule has 0 amide bonds. The SMILES string of the molecule is O=[N+]([O-])c1cc(F)ccc1Oc1cccc(Cl)c1[N+](=O)[O-]. The van der Waals surface area contributed by atoms with Gasteiger partial charge in [-0.25, -0.2) is 4.39 Å². The van der Waals surface area contributed by atoms with Gasteiger partial charge in [0, 0.05) is 0 Å². The van der Waals surface area contributed by atoms with Crippen LogP contribution in [0.4, 0.5) is 15.8 Å². The molecule has 0 aromatic heterocycles. The molecule has 9 heteroatoms. The first-order valence-electron chi connectivity index (χ1n) is 5.45. The Balaban J connectivity index is 2.51. The van der Waals surface area contributed by atoms with Crippen LogP contribution in [0.5, 0.6) is 11.5 Å². The van der Waals surface area contributed by atoms with Gasteiger partial charge in [-0.3, -0.25) is 20.2 Å². The van der Waals surface area contributed by atoms with Crippen LogP contribution >= 0.6 is 11.6 Å². The highest BCUT2D eigenvalue weighted by Crippen LogP contribution is 2.39. The van der Waals surface area contributed by atoms with Gasteiger partial charge in [-0.1, -0.05) is 17.7 Å². The molecule has 0 aliphatic heterocycles. The monoisotopic (exact) mass is 312 g/mol. The van der Waals surface area contributed by atoms with Crippen LogP contribution in [0.1, 0.15) is 0 Å². The second kappa shape index (κ2) is 5.71. The zero-order valence-corrected chi connectivity index (χ0v) is 10.9. The van der Waals surface area contributed by atoms with Crippen LogP contribution in [0.3, 0.4) is 0 Å². The standard InChI is InChI=1S/C12H6ClFN2O5/c13-8-2-1-3-11(12(8)16(19)20)21-10-5-4-7(14)6-9(10)15(17)18/h1-6H. The molecule has 7 nitrogen and oxygen atoms in total. The summed E-state index contributed by atoms with van der Waals surface area (Å²) in [5, 5.41) is 21.6. The molecule has 0 saturated carbocycles. The van der Waals surface area contributed by atoms with Crippen LogP contribution in [0.2, 0.25) is 5.02 Å². The predicted octanol–water partition coefficient (Wildman–Crippen LogP) is 4.09. The molecule has 0 N–H and O–H groups in total. The summed E-state index contributed by atoms with van der Waals surface area (Å²) in [7, 11) is 0. The van der Waals surface area contributed by atoms with Gasteiger partial charge >= 0.3 is 11.4 Å². The lowest BCUT2D eigenvalue weighted by molar-refractivity contribution is -0.387. The predicted molar refractivity (Wildman–Crippen MR) is 71.2 cm³/mol. The maximum atomic E-state index is 13.0. The lowest BCUT2D eigenvalue weighted by Gasteiger charge is -2.07. The zero-order chi connectivity index (χ0) is 15.6. The number of nitrogens with zero attached hydrogens (tertiary/aromatic N) is 2. The van der Waals surface area contributed by atoms with E-state index in [1.54, 1.807) is 0 Å². The van der Waals surface area contributed by atoms with Gasteiger partial charge in [0.2, 0.25) is 11.5 Å². The first-order chi connectivity index (χ1) is 9.90. The molecule has 0 saturated heterocycles. The van der Waals surface area contributed by atoms with Gasteiger partial charge < -0.3 is 4.74 Å². The highest BCUT2D eigenvalue weighted by molar-refractivity contribution is 6.32. The summed E-state index contributed by atoms with van der Waals surface area (Å²) in [6.07, 6.45) is 0. The van der Waals surface area contributed by atoms with Crippen LogP contribution in [-0.2, 0) is 0 Å². The van der Waals surface area contributed by atoms with Gasteiger partial charge in [-0.2, -0.15) is 0 Å². The fraction of sp³-hybridized carbons (Fsp3) is 0. The molecule has 2 rings (SSSR count). The van der Waals surface area contributed by atoms with Gasteiger partial charge in [0.15, 0.2) is 0 Å². The third-order valence-electron chi connectivity index (χ3n) is 2.47. The molecule has 2 aromatic rings. The largest absolute Gasteiger partial charge is 0.443 e. The van der Waals surface area contributed by atoms with Crippen LogP contribution in [0.15, 0.2) is 36.4 Å². The summed E-state index contributed by atoms with van der Waals surface area (Å²) in [6.45, 7) is 0. The summed E-state index contributed by atoms with van der Waals surface area (Å²) in [6, 6.07) is 6.52. The van der Waals surface area contributed by atoms with Crippen molar-refractivity contribution in [1.82, 2.24) is 0 Å². The molecule has 0 bridgehead atoms. The van der Waals surface area contributed by atoms with Gasteiger partial charge in [-0.05, 0) is 24.3 Å². The van der Waals surface area contributed by atoms with Crippen molar-refractivity contribution >= 4 is 23.0 Å². The molecule has 0 spiro atoms. The van der Waals surface area contributed by atoms with Crippen molar-refractivity contribution < 1.29 is 19.0 Å². The van der Waals surface area contributed by atoms with Crippen molar-refractivity contribution in [3.05, 3.63) is 67.5 Å². The molecule has 108 valence electrons. The third-order valence-corrected chi connectivity index (χ3v) is 2.77. The fourth-order valence-corrected chi connectivity index (χ4v) is 1.83. The maximum absolute atomic E-state index is 13.0. The van der Waals surface area contributed by atoms with Crippen molar-refractivity contribution in [2.24, 2.45) is 0 Å². The van der Waals surface area contributed by atoms with Gasteiger partial charge in [-0.15, -0.1) is 0 Å². The Morgan fingerprint density at radius 1 is 1.05 bits per heavy atom. The van der Waals surface area contributed by atoms with Crippen molar-refractivity contribution in [3.63, 3.8) is 0 Å². The van der Waals surface area contributed by atoms with Crippen molar-refractivity contribution in [2.75, 3.05) is 0 Å². The number of para-hydroxylation sites is 1. The second-order valence-electron chi connectivity index (χ2n) is 3.81. The van der Waals surface area contributed by atoms with Gasteiger partial charge in [0.25, 0.3) is 0 Å². The smallest absolute Gasteiger partial charge is 0.329 e. The summed E-state index contributed by atoms with van der Waals surface area (Å²) >= 11 is 5.70. The Morgan fingerprint density at radius 2 is 1.76 bits per heavy atom. The number of hydrogen-bond donors (Lipinski definition) is 0. The van der Waals surface area contributed by atoms with Crippen LogP contribution in [0, 0.1) is 26.0 Å². The van der Waals surface area contributed by atoms with E-state index in [9.17, 15) is 24.6 Å². The third kappa shape index (κ3) is 3.06. The van der Waals surface area contributed by atoms with Gasteiger partial charge in [0.1, 0.15) is 10.8 Å². The van der Waals surface area contributed by atoms with Crippen LogP contribution < -0.4 is 4.74 Å². The average molecular weight is 313 g/mol. The van der Waals surface area contributed by atoms with E-state index in [0.717, 1.165) is 12.1 Å². The lowest BCUT2D eigenvalue weighted by atomic mass is 10.2. The molecule has 0 atom stereocenters. The number of rotatable bonds is 4. The molecule has 21 heavy (non-hydrogen) atoms. The molecule has 0 unspecified atom stereocenters. The Labute approximate surface area is 121 Å². The average Bonchev–Trinajstić information content (AvgIpc) is 2.40. The van der Waals surface area contributed by atoms with Crippen LogP contribution in [-0.4, -0.2) is 9.85 Å². The summed E-state index contributed by atoms with van der Waals surface area (Å²) in [5.41, 5.74) is -1.18. The molecule has 0 radical (unpaired) electrons. The van der Waals surface area contributed by atoms with E-state index in [1.807, 2.05) is 0 Å². The Morgan fingerprint density at radius 3 is 2.38 bits per heavy atom. The quantitative estimate of drug-likeness (QED) is 0.626. The first-order valence-corrected chi connectivity index (χ1v) is 5.82. The summed E-state index contributed by atoms with van der Waals surface area (Å²) < 4.78 is 18.2. The fourth-order valence-electron chi connectivity index (χ4n) is 1.59. The molecular formula is C12H6ClFN2O5. The van der Waals surface area contributed by atoms with Crippen molar-refractivity contribution in [3.8, 4) is 11.5 Å². The Hall–Kier alpha value is -2.74. The normalized spacial score (nSPS) is 10.2.